The fourth-order valence-electron chi connectivity index (χ4n) is 5.99. The minimum atomic E-state index is 0.708. The van der Waals surface area contributed by atoms with Gasteiger partial charge < -0.3 is 9.88 Å². The van der Waals surface area contributed by atoms with Crippen LogP contribution in [0.3, 0.4) is 0 Å². The molecule has 5 nitrogen and oxygen atoms in total. The van der Waals surface area contributed by atoms with Crippen molar-refractivity contribution in [3.8, 4) is 28.6 Å². The smallest absolute Gasteiger partial charge is 0.158 e. The molecular formula is C31H33N5. The SMILES string of the molecule is N#Cc1cc(-c2ccnc3[nH]c(-c4ccc(N5CCCCC5)cc4)nc23)ccc1CC1CCCCC1. The summed E-state index contributed by atoms with van der Waals surface area (Å²) in [6.45, 7) is 2.28. The average molecular weight is 476 g/mol. The van der Waals surface area contributed by atoms with E-state index in [4.69, 9.17) is 4.98 Å². The van der Waals surface area contributed by atoms with E-state index in [2.05, 4.69) is 57.3 Å². The predicted octanol–water partition coefficient (Wildman–Crippen LogP) is 7.28. The number of nitriles is 1. The number of benzene rings is 2. The van der Waals surface area contributed by atoms with E-state index in [1.807, 2.05) is 18.3 Å². The molecular weight excluding hydrogens is 442 g/mol. The maximum absolute atomic E-state index is 9.91. The number of hydrogen-bond acceptors (Lipinski definition) is 4. The number of pyridine rings is 1. The van der Waals surface area contributed by atoms with E-state index in [1.54, 1.807) is 0 Å². The summed E-state index contributed by atoms with van der Waals surface area (Å²) in [5, 5.41) is 9.91. The molecule has 0 spiro atoms. The van der Waals surface area contributed by atoms with Crippen LogP contribution in [0, 0.1) is 17.2 Å². The molecule has 0 bridgehead atoms. The lowest BCUT2D eigenvalue weighted by Gasteiger charge is -2.28. The molecule has 4 aromatic rings. The van der Waals surface area contributed by atoms with Gasteiger partial charge in [0.15, 0.2) is 5.65 Å². The van der Waals surface area contributed by atoms with E-state index in [9.17, 15) is 5.26 Å². The van der Waals surface area contributed by atoms with Crippen molar-refractivity contribution in [2.45, 2.75) is 57.8 Å². The van der Waals surface area contributed by atoms with Gasteiger partial charge in [0, 0.05) is 36.1 Å². The first-order valence-electron chi connectivity index (χ1n) is 13.5. The molecule has 5 heteroatoms. The Balaban J connectivity index is 1.29. The molecule has 3 heterocycles. The van der Waals surface area contributed by atoms with Crippen molar-refractivity contribution >= 4 is 16.9 Å². The molecule has 0 atom stereocenters. The van der Waals surface area contributed by atoms with Gasteiger partial charge in [0.05, 0.1) is 11.6 Å². The van der Waals surface area contributed by atoms with E-state index in [0.717, 1.165) is 58.8 Å². The zero-order valence-electron chi connectivity index (χ0n) is 20.8. The summed E-state index contributed by atoms with van der Waals surface area (Å²) < 4.78 is 0. The number of H-pyrrole nitrogens is 1. The predicted molar refractivity (Wildman–Crippen MR) is 146 cm³/mol. The highest BCUT2D eigenvalue weighted by Crippen LogP contribution is 2.33. The second kappa shape index (κ2) is 10.1. The number of aromatic amines is 1. The van der Waals surface area contributed by atoms with Gasteiger partial charge in [-0.25, -0.2) is 9.97 Å². The summed E-state index contributed by atoms with van der Waals surface area (Å²) in [6, 6.07) is 19.5. The Kier molecular flexibility index (Phi) is 6.42. The molecule has 1 N–H and O–H groups in total. The summed E-state index contributed by atoms with van der Waals surface area (Å²) in [5.41, 5.74) is 7.94. The maximum atomic E-state index is 9.91. The number of nitrogens with one attached hydrogen (secondary N) is 1. The van der Waals surface area contributed by atoms with Crippen LogP contribution < -0.4 is 4.90 Å². The Morgan fingerprint density at radius 1 is 0.889 bits per heavy atom. The van der Waals surface area contributed by atoms with Crippen LogP contribution in [-0.2, 0) is 6.42 Å². The largest absolute Gasteiger partial charge is 0.372 e. The standard InChI is InChI=1S/C31H33N5/c32-21-26-20-25(10-9-24(26)19-22-7-3-1-4-8-22)28-15-16-33-31-29(28)34-30(35-31)23-11-13-27(14-12-23)36-17-5-2-6-18-36/h9-16,20,22H,1-8,17-19H2,(H,33,34,35). The van der Waals surface area contributed by atoms with Gasteiger partial charge in [-0.2, -0.15) is 5.26 Å². The van der Waals surface area contributed by atoms with Crippen LogP contribution in [-0.4, -0.2) is 28.0 Å². The van der Waals surface area contributed by atoms with Crippen LogP contribution in [0.1, 0.15) is 62.5 Å². The fraction of sp³-hybridized carbons (Fsp3) is 0.387. The summed E-state index contributed by atoms with van der Waals surface area (Å²) >= 11 is 0. The monoisotopic (exact) mass is 475 g/mol. The van der Waals surface area contributed by atoms with Crippen LogP contribution >= 0.6 is 0 Å². The first kappa shape index (κ1) is 22.8. The Bertz CT molecular complexity index is 1380. The highest BCUT2D eigenvalue weighted by molar-refractivity contribution is 5.91. The molecule has 2 aliphatic rings. The third kappa shape index (κ3) is 4.60. The highest BCUT2D eigenvalue weighted by Gasteiger charge is 2.18. The molecule has 1 saturated carbocycles. The number of nitrogens with zero attached hydrogens (tertiary/aromatic N) is 4. The number of piperidine rings is 1. The number of rotatable bonds is 5. The van der Waals surface area contributed by atoms with Gasteiger partial charge in [-0.1, -0.05) is 44.2 Å². The van der Waals surface area contributed by atoms with Gasteiger partial charge in [-0.15, -0.1) is 0 Å². The van der Waals surface area contributed by atoms with Gasteiger partial charge >= 0.3 is 0 Å². The van der Waals surface area contributed by atoms with Gasteiger partial charge in [-0.3, -0.25) is 0 Å². The van der Waals surface area contributed by atoms with E-state index in [1.165, 1.54) is 62.6 Å². The summed E-state index contributed by atoms with van der Waals surface area (Å²) in [4.78, 5) is 15.4. The Morgan fingerprint density at radius 2 is 1.64 bits per heavy atom. The Hall–Kier alpha value is -3.65. The second-order valence-electron chi connectivity index (χ2n) is 10.4. The van der Waals surface area contributed by atoms with E-state index < -0.39 is 0 Å². The highest BCUT2D eigenvalue weighted by atomic mass is 15.1. The number of fused-ring (bicyclic) bond motifs is 1. The summed E-state index contributed by atoms with van der Waals surface area (Å²) in [6.07, 6.45) is 13.3. The first-order chi connectivity index (χ1) is 17.8. The Morgan fingerprint density at radius 3 is 2.42 bits per heavy atom. The number of anilines is 1. The third-order valence-electron chi connectivity index (χ3n) is 8.02. The van der Waals surface area contributed by atoms with Gasteiger partial charge in [0.2, 0.25) is 0 Å². The molecule has 6 rings (SSSR count). The second-order valence-corrected chi connectivity index (χ2v) is 10.4. The third-order valence-corrected chi connectivity index (χ3v) is 8.02. The lowest BCUT2D eigenvalue weighted by atomic mass is 9.83. The minimum absolute atomic E-state index is 0.708. The topological polar surface area (TPSA) is 68.6 Å². The average Bonchev–Trinajstić information content (AvgIpc) is 3.39. The molecule has 1 saturated heterocycles. The Labute approximate surface area is 213 Å². The van der Waals surface area contributed by atoms with E-state index in [0.29, 0.717) is 5.92 Å². The molecule has 1 aliphatic carbocycles. The van der Waals surface area contributed by atoms with Gasteiger partial charge in [-0.05, 0) is 79.1 Å². The summed E-state index contributed by atoms with van der Waals surface area (Å²) in [7, 11) is 0. The molecule has 1 aliphatic heterocycles. The molecule has 36 heavy (non-hydrogen) atoms. The van der Waals surface area contributed by atoms with Crippen LogP contribution in [0.5, 0.6) is 0 Å². The van der Waals surface area contributed by atoms with E-state index in [-0.39, 0.29) is 0 Å². The van der Waals surface area contributed by atoms with Crippen LogP contribution in [0.4, 0.5) is 5.69 Å². The lowest BCUT2D eigenvalue weighted by molar-refractivity contribution is 0.356. The van der Waals surface area contributed by atoms with Crippen molar-refractivity contribution in [3.05, 3.63) is 65.9 Å². The van der Waals surface area contributed by atoms with Crippen molar-refractivity contribution in [2.24, 2.45) is 5.92 Å². The first-order valence-corrected chi connectivity index (χ1v) is 13.5. The summed E-state index contributed by atoms with van der Waals surface area (Å²) in [5.74, 6) is 1.53. The molecule has 0 radical (unpaired) electrons. The number of hydrogen-bond donors (Lipinski definition) is 1. The molecule has 0 unspecified atom stereocenters. The van der Waals surface area contributed by atoms with Crippen molar-refractivity contribution in [1.29, 1.82) is 5.26 Å². The molecule has 0 amide bonds. The number of imidazole rings is 1. The van der Waals surface area contributed by atoms with Crippen molar-refractivity contribution in [2.75, 3.05) is 18.0 Å². The number of aromatic nitrogens is 3. The molecule has 2 fully saturated rings. The molecule has 2 aromatic carbocycles. The minimum Gasteiger partial charge on any atom is -0.372 e. The lowest BCUT2D eigenvalue weighted by Crippen LogP contribution is -2.29. The normalized spacial score (nSPS) is 16.8. The quantitative estimate of drug-likeness (QED) is 0.329. The maximum Gasteiger partial charge on any atom is 0.158 e. The van der Waals surface area contributed by atoms with Crippen LogP contribution in [0.2, 0.25) is 0 Å². The van der Waals surface area contributed by atoms with Crippen molar-refractivity contribution in [3.63, 3.8) is 0 Å². The molecule has 2 aromatic heterocycles. The fourth-order valence-corrected chi connectivity index (χ4v) is 5.99. The van der Waals surface area contributed by atoms with Crippen LogP contribution in [0.15, 0.2) is 54.7 Å². The van der Waals surface area contributed by atoms with Gasteiger partial charge in [0.1, 0.15) is 11.3 Å². The molecule has 182 valence electrons. The van der Waals surface area contributed by atoms with E-state index >= 15 is 0 Å². The van der Waals surface area contributed by atoms with Crippen molar-refractivity contribution < 1.29 is 0 Å². The zero-order chi connectivity index (χ0) is 24.3. The van der Waals surface area contributed by atoms with Crippen molar-refractivity contribution in [1.82, 2.24) is 15.0 Å². The van der Waals surface area contributed by atoms with Gasteiger partial charge in [0.25, 0.3) is 0 Å². The van der Waals surface area contributed by atoms with Crippen LogP contribution in [0.25, 0.3) is 33.7 Å². The zero-order valence-corrected chi connectivity index (χ0v) is 20.8.